The number of hydrogen-bond donors (Lipinski definition) is 1. The Morgan fingerprint density at radius 2 is 2.11 bits per heavy atom. The molecule has 18 heavy (non-hydrogen) atoms. The SMILES string of the molecule is CC(C)(C)c1nnc(SC2CCCCNC2=O)o1. The van der Waals surface area contributed by atoms with Gasteiger partial charge in [-0.25, -0.2) is 0 Å². The molecule has 0 spiro atoms. The summed E-state index contributed by atoms with van der Waals surface area (Å²) in [5.41, 5.74) is -0.155. The van der Waals surface area contributed by atoms with Gasteiger partial charge in [-0.15, -0.1) is 10.2 Å². The Kier molecular flexibility index (Phi) is 3.94. The van der Waals surface area contributed by atoms with Gasteiger partial charge in [0.05, 0.1) is 5.25 Å². The third-order valence-electron chi connectivity index (χ3n) is 2.78. The zero-order valence-corrected chi connectivity index (χ0v) is 11.8. The Labute approximate surface area is 111 Å². The third-order valence-corrected chi connectivity index (χ3v) is 3.88. The predicted molar refractivity (Wildman–Crippen MR) is 69.5 cm³/mol. The van der Waals surface area contributed by atoms with Crippen LogP contribution in [0.2, 0.25) is 0 Å². The van der Waals surface area contributed by atoms with Gasteiger partial charge in [-0.05, 0) is 12.8 Å². The Hall–Kier alpha value is -1.04. The van der Waals surface area contributed by atoms with Gasteiger partial charge >= 0.3 is 0 Å². The molecule has 1 amide bonds. The molecule has 1 aliphatic rings. The number of nitrogens with zero attached hydrogens (tertiary/aromatic N) is 2. The van der Waals surface area contributed by atoms with Crippen LogP contribution >= 0.6 is 11.8 Å². The number of hydrogen-bond acceptors (Lipinski definition) is 5. The smallest absolute Gasteiger partial charge is 0.277 e. The van der Waals surface area contributed by atoms with E-state index in [1.54, 1.807) is 0 Å². The van der Waals surface area contributed by atoms with Crippen LogP contribution in [-0.2, 0) is 10.2 Å². The van der Waals surface area contributed by atoms with E-state index in [4.69, 9.17) is 4.42 Å². The van der Waals surface area contributed by atoms with Crippen LogP contribution in [0.5, 0.6) is 0 Å². The van der Waals surface area contributed by atoms with Crippen molar-refractivity contribution in [3.63, 3.8) is 0 Å². The van der Waals surface area contributed by atoms with Crippen LogP contribution in [0.3, 0.4) is 0 Å². The molecule has 0 aliphatic carbocycles. The minimum atomic E-state index is -0.155. The zero-order chi connectivity index (χ0) is 13.2. The molecule has 1 fully saturated rings. The summed E-state index contributed by atoms with van der Waals surface area (Å²) < 4.78 is 5.60. The van der Waals surface area contributed by atoms with Crippen LogP contribution in [0.25, 0.3) is 0 Å². The van der Waals surface area contributed by atoms with Crippen molar-refractivity contribution in [3.8, 4) is 0 Å². The number of amides is 1. The number of nitrogens with one attached hydrogen (secondary N) is 1. The molecule has 1 saturated heterocycles. The molecule has 1 unspecified atom stereocenters. The first-order chi connectivity index (χ1) is 8.47. The monoisotopic (exact) mass is 269 g/mol. The molecule has 1 aliphatic heterocycles. The van der Waals surface area contributed by atoms with Gasteiger partial charge in [0.15, 0.2) is 0 Å². The van der Waals surface area contributed by atoms with Crippen molar-refractivity contribution in [2.24, 2.45) is 0 Å². The minimum absolute atomic E-state index is 0.0769. The summed E-state index contributed by atoms with van der Waals surface area (Å²) in [6.45, 7) is 6.83. The topological polar surface area (TPSA) is 68.0 Å². The fourth-order valence-corrected chi connectivity index (χ4v) is 2.64. The number of rotatable bonds is 2. The highest BCUT2D eigenvalue weighted by Crippen LogP contribution is 2.29. The molecule has 1 aromatic rings. The molecule has 0 aromatic carbocycles. The van der Waals surface area contributed by atoms with Crippen molar-refractivity contribution in [3.05, 3.63) is 5.89 Å². The molecular weight excluding hydrogens is 250 g/mol. The average Bonchev–Trinajstić information content (AvgIpc) is 2.66. The second-order valence-electron chi connectivity index (χ2n) is 5.52. The van der Waals surface area contributed by atoms with E-state index in [9.17, 15) is 4.79 Å². The first-order valence-corrected chi connectivity index (χ1v) is 7.13. The van der Waals surface area contributed by atoms with E-state index in [0.29, 0.717) is 11.1 Å². The van der Waals surface area contributed by atoms with E-state index in [1.165, 1.54) is 11.8 Å². The van der Waals surface area contributed by atoms with Gasteiger partial charge < -0.3 is 9.73 Å². The lowest BCUT2D eigenvalue weighted by atomic mass is 9.97. The van der Waals surface area contributed by atoms with Gasteiger partial charge in [0.2, 0.25) is 11.8 Å². The van der Waals surface area contributed by atoms with Crippen molar-refractivity contribution in [1.82, 2.24) is 15.5 Å². The lowest BCUT2D eigenvalue weighted by Crippen LogP contribution is -2.30. The van der Waals surface area contributed by atoms with Crippen LogP contribution in [0.1, 0.15) is 45.9 Å². The molecule has 2 rings (SSSR count). The fraction of sp³-hybridized carbons (Fsp3) is 0.750. The highest BCUT2D eigenvalue weighted by Gasteiger charge is 2.26. The highest BCUT2D eigenvalue weighted by atomic mass is 32.2. The van der Waals surface area contributed by atoms with Crippen LogP contribution in [0.4, 0.5) is 0 Å². The lowest BCUT2D eigenvalue weighted by molar-refractivity contribution is -0.120. The van der Waals surface area contributed by atoms with E-state index < -0.39 is 0 Å². The van der Waals surface area contributed by atoms with Crippen LogP contribution in [0.15, 0.2) is 9.64 Å². The second kappa shape index (κ2) is 5.30. The maximum absolute atomic E-state index is 11.8. The molecule has 1 N–H and O–H groups in total. The van der Waals surface area contributed by atoms with Crippen LogP contribution in [0, 0.1) is 0 Å². The van der Waals surface area contributed by atoms with Gasteiger partial charge in [-0.3, -0.25) is 4.79 Å². The van der Waals surface area contributed by atoms with Crippen molar-refractivity contribution in [2.45, 2.75) is 55.9 Å². The van der Waals surface area contributed by atoms with Crippen molar-refractivity contribution in [2.75, 3.05) is 6.54 Å². The first kappa shape index (κ1) is 13.4. The Balaban J connectivity index is 2.04. The van der Waals surface area contributed by atoms with Crippen LogP contribution in [-0.4, -0.2) is 27.9 Å². The lowest BCUT2D eigenvalue weighted by Gasteiger charge is -2.12. The standard InChI is InChI=1S/C12H19N3O2S/c1-12(2,3)10-14-15-11(17-10)18-8-6-4-5-7-13-9(8)16/h8H,4-7H2,1-3H3,(H,13,16). The van der Waals surface area contributed by atoms with Crippen molar-refractivity contribution >= 4 is 17.7 Å². The average molecular weight is 269 g/mol. The van der Waals surface area contributed by atoms with E-state index in [0.717, 1.165) is 25.8 Å². The maximum atomic E-state index is 11.8. The second-order valence-corrected chi connectivity index (χ2v) is 6.67. The summed E-state index contributed by atoms with van der Waals surface area (Å²) in [7, 11) is 0. The number of aromatic nitrogens is 2. The molecule has 6 heteroatoms. The van der Waals surface area contributed by atoms with Crippen molar-refractivity contribution < 1.29 is 9.21 Å². The summed E-state index contributed by atoms with van der Waals surface area (Å²) in [5.74, 6) is 0.687. The number of carbonyl (C=O) groups is 1. The molecule has 1 aromatic heterocycles. The van der Waals surface area contributed by atoms with Gasteiger partial charge in [0.25, 0.3) is 5.22 Å². The van der Waals surface area contributed by atoms with Crippen LogP contribution < -0.4 is 5.32 Å². The Morgan fingerprint density at radius 3 is 2.78 bits per heavy atom. The summed E-state index contributed by atoms with van der Waals surface area (Å²) in [5, 5.41) is 11.3. The quantitative estimate of drug-likeness (QED) is 0.890. The molecule has 0 radical (unpaired) electrons. The fourth-order valence-electron chi connectivity index (χ4n) is 1.71. The maximum Gasteiger partial charge on any atom is 0.277 e. The highest BCUT2D eigenvalue weighted by molar-refractivity contribution is 8.00. The molecule has 0 bridgehead atoms. The Bertz CT molecular complexity index is 425. The minimum Gasteiger partial charge on any atom is -0.415 e. The van der Waals surface area contributed by atoms with Crippen molar-refractivity contribution in [1.29, 1.82) is 0 Å². The zero-order valence-electron chi connectivity index (χ0n) is 11.0. The van der Waals surface area contributed by atoms with E-state index in [1.807, 2.05) is 20.8 Å². The molecule has 0 saturated carbocycles. The third kappa shape index (κ3) is 3.25. The van der Waals surface area contributed by atoms with E-state index >= 15 is 0 Å². The predicted octanol–water partition coefficient (Wildman–Crippen LogP) is 2.13. The molecular formula is C12H19N3O2S. The molecule has 100 valence electrons. The molecule has 1 atom stereocenters. The normalized spacial score (nSPS) is 21.5. The largest absolute Gasteiger partial charge is 0.415 e. The summed E-state index contributed by atoms with van der Waals surface area (Å²) in [6.07, 6.45) is 2.96. The summed E-state index contributed by atoms with van der Waals surface area (Å²) in [6, 6.07) is 0. The summed E-state index contributed by atoms with van der Waals surface area (Å²) in [4.78, 5) is 11.8. The van der Waals surface area contributed by atoms with Gasteiger partial charge in [-0.1, -0.05) is 39.0 Å². The van der Waals surface area contributed by atoms with Gasteiger partial charge in [0.1, 0.15) is 0 Å². The van der Waals surface area contributed by atoms with E-state index in [2.05, 4.69) is 15.5 Å². The first-order valence-electron chi connectivity index (χ1n) is 6.25. The number of thioether (sulfide) groups is 1. The van der Waals surface area contributed by atoms with E-state index in [-0.39, 0.29) is 16.6 Å². The van der Waals surface area contributed by atoms with Gasteiger partial charge in [-0.2, -0.15) is 0 Å². The molecule has 5 nitrogen and oxygen atoms in total. The Morgan fingerprint density at radius 1 is 1.33 bits per heavy atom. The number of carbonyl (C=O) groups excluding carboxylic acids is 1. The molecule has 2 heterocycles. The van der Waals surface area contributed by atoms with Gasteiger partial charge in [0, 0.05) is 12.0 Å². The summed E-state index contributed by atoms with van der Waals surface area (Å²) >= 11 is 1.37.